The predicted molar refractivity (Wildman–Crippen MR) is 70.8 cm³/mol. The molecule has 2 aromatic rings. The quantitative estimate of drug-likeness (QED) is 0.919. The highest BCUT2D eigenvalue weighted by Gasteiger charge is 2.17. The highest BCUT2D eigenvalue weighted by molar-refractivity contribution is 7.99. The maximum Gasteiger partial charge on any atom is 0.262 e. The third kappa shape index (κ3) is 2.44. The highest BCUT2D eigenvalue weighted by atomic mass is 32.2. The first-order chi connectivity index (χ1) is 8.52. The first-order valence-electron chi connectivity index (χ1n) is 5.82. The molecule has 0 bridgehead atoms. The molecule has 0 aliphatic heterocycles. The van der Waals surface area contributed by atoms with Crippen molar-refractivity contribution in [1.29, 1.82) is 0 Å². The average molecular weight is 266 g/mol. The topological polar surface area (TPSA) is 55.9 Å². The van der Waals surface area contributed by atoms with E-state index >= 15 is 0 Å². The third-order valence-electron chi connectivity index (χ3n) is 2.84. The van der Waals surface area contributed by atoms with E-state index in [1.54, 1.807) is 0 Å². The van der Waals surface area contributed by atoms with E-state index in [0.717, 1.165) is 28.7 Å². The third-order valence-corrected chi connectivity index (χ3v) is 3.89. The average Bonchev–Trinajstić information content (AvgIpc) is 2.74. The van der Waals surface area contributed by atoms with Crippen molar-refractivity contribution in [2.75, 3.05) is 7.05 Å². The fourth-order valence-electron chi connectivity index (χ4n) is 1.76. The minimum atomic E-state index is 0.672. The first kappa shape index (κ1) is 13.2. The van der Waals surface area contributed by atoms with Crippen molar-refractivity contribution < 1.29 is 4.42 Å². The molecule has 0 unspecified atom stereocenters. The Bertz CT molecular complexity index is 539. The first-order valence-corrected chi connectivity index (χ1v) is 6.63. The lowest BCUT2D eigenvalue weighted by Crippen LogP contribution is -2.06. The Hall–Kier alpha value is -1.27. The van der Waals surface area contributed by atoms with Crippen LogP contribution in [0.1, 0.15) is 22.7 Å². The van der Waals surface area contributed by atoms with Gasteiger partial charge in [-0.25, -0.2) is 4.98 Å². The van der Waals surface area contributed by atoms with Crippen molar-refractivity contribution in [3.63, 3.8) is 0 Å². The van der Waals surface area contributed by atoms with Gasteiger partial charge in [0.05, 0.1) is 11.4 Å². The molecule has 18 heavy (non-hydrogen) atoms. The number of hydrogen-bond acceptors (Lipinski definition) is 5. The molecule has 0 spiro atoms. The van der Waals surface area contributed by atoms with Crippen LogP contribution in [-0.2, 0) is 13.6 Å². The van der Waals surface area contributed by atoms with Crippen LogP contribution in [-0.4, -0.2) is 21.8 Å². The van der Waals surface area contributed by atoms with E-state index in [1.165, 1.54) is 17.3 Å². The van der Waals surface area contributed by atoms with Crippen molar-refractivity contribution in [3.8, 4) is 0 Å². The molecule has 0 aliphatic carbocycles. The van der Waals surface area contributed by atoms with Crippen LogP contribution in [0.5, 0.6) is 0 Å². The summed E-state index contributed by atoms with van der Waals surface area (Å²) in [6.07, 6.45) is 0. The number of aromatic nitrogens is 3. The molecule has 0 atom stereocenters. The molecule has 2 aromatic heterocycles. The van der Waals surface area contributed by atoms with E-state index < -0.39 is 0 Å². The summed E-state index contributed by atoms with van der Waals surface area (Å²) in [5.41, 5.74) is 3.17. The van der Waals surface area contributed by atoms with E-state index in [-0.39, 0.29) is 0 Å². The van der Waals surface area contributed by atoms with Gasteiger partial charge in [-0.3, -0.25) is 4.68 Å². The largest absolute Gasteiger partial charge is 0.436 e. The monoisotopic (exact) mass is 266 g/mol. The summed E-state index contributed by atoms with van der Waals surface area (Å²) in [5, 5.41) is 9.35. The number of aryl methyl sites for hydroxylation is 4. The normalized spacial score (nSPS) is 11.2. The van der Waals surface area contributed by atoms with Gasteiger partial charge in [-0.1, -0.05) is 0 Å². The summed E-state index contributed by atoms with van der Waals surface area (Å²) < 4.78 is 7.48. The lowest BCUT2D eigenvalue weighted by Gasteiger charge is -2.03. The Morgan fingerprint density at radius 1 is 1.28 bits per heavy atom. The van der Waals surface area contributed by atoms with Crippen molar-refractivity contribution in [1.82, 2.24) is 20.1 Å². The molecule has 0 fully saturated rings. The molecule has 5 nitrogen and oxygen atoms in total. The molecule has 0 radical (unpaired) electrons. The van der Waals surface area contributed by atoms with Crippen LogP contribution in [0.25, 0.3) is 0 Å². The minimum Gasteiger partial charge on any atom is -0.436 e. The van der Waals surface area contributed by atoms with Crippen LogP contribution in [0.15, 0.2) is 14.7 Å². The fourth-order valence-corrected chi connectivity index (χ4v) is 2.79. The van der Waals surface area contributed by atoms with E-state index in [9.17, 15) is 0 Å². The molecule has 0 amide bonds. The van der Waals surface area contributed by atoms with Gasteiger partial charge in [0.1, 0.15) is 10.8 Å². The molecule has 0 aliphatic rings. The standard InChI is InChI=1S/C12H18N4OS/c1-7-9(3)17-12(14-7)18-11-10(6-13-4)8(2)15-16(11)5/h13H,6H2,1-5H3. The molecule has 6 heteroatoms. The van der Waals surface area contributed by atoms with Crippen LogP contribution in [0.4, 0.5) is 0 Å². The Balaban J connectivity index is 2.33. The zero-order valence-electron chi connectivity index (χ0n) is 11.4. The van der Waals surface area contributed by atoms with E-state index in [4.69, 9.17) is 4.42 Å². The zero-order chi connectivity index (χ0) is 13.3. The lowest BCUT2D eigenvalue weighted by molar-refractivity contribution is 0.430. The Morgan fingerprint density at radius 2 is 2.00 bits per heavy atom. The van der Waals surface area contributed by atoms with Crippen molar-refractivity contribution in [2.45, 2.75) is 37.6 Å². The Kier molecular flexibility index (Phi) is 3.77. The van der Waals surface area contributed by atoms with Crippen LogP contribution in [0.3, 0.4) is 0 Å². The van der Waals surface area contributed by atoms with Crippen LogP contribution in [0.2, 0.25) is 0 Å². The van der Waals surface area contributed by atoms with Crippen LogP contribution < -0.4 is 5.32 Å². The summed E-state index contributed by atoms with van der Waals surface area (Å²) in [6, 6.07) is 0. The zero-order valence-corrected chi connectivity index (χ0v) is 12.2. The van der Waals surface area contributed by atoms with Gasteiger partial charge in [-0.05, 0) is 39.6 Å². The summed E-state index contributed by atoms with van der Waals surface area (Å²) in [4.78, 5) is 4.39. The van der Waals surface area contributed by atoms with E-state index in [2.05, 4.69) is 15.4 Å². The molecule has 0 saturated carbocycles. The second kappa shape index (κ2) is 5.16. The number of hydrogen-bond donors (Lipinski definition) is 1. The van der Waals surface area contributed by atoms with Gasteiger partial charge in [-0.2, -0.15) is 5.10 Å². The number of nitrogens with zero attached hydrogens (tertiary/aromatic N) is 3. The molecule has 1 N–H and O–H groups in total. The molecule has 2 rings (SSSR count). The van der Waals surface area contributed by atoms with Crippen LogP contribution in [0, 0.1) is 20.8 Å². The fraction of sp³-hybridized carbons (Fsp3) is 0.500. The van der Waals surface area contributed by atoms with Gasteiger partial charge in [0.25, 0.3) is 5.22 Å². The number of rotatable bonds is 4. The lowest BCUT2D eigenvalue weighted by atomic mass is 10.3. The number of oxazole rings is 1. The predicted octanol–water partition coefficient (Wildman–Crippen LogP) is 2.20. The van der Waals surface area contributed by atoms with Crippen molar-refractivity contribution in [3.05, 3.63) is 22.7 Å². The second-order valence-electron chi connectivity index (χ2n) is 4.25. The van der Waals surface area contributed by atoms with Crippen molar-refractivity contribution in [2.24, 2.45) is 7.05 Å². The van der Waals surface area contributed by atoms with Gasteiger partial charge in [0, 0.05) is 19.2 Å². The minimum absolute atomic E-state index is 0.672. The van der Waals surface area contributed by atoms with Gasteiger partial charge in [0.2, 0.25) is 0 Å². The van der Waals surface area contributed by atoms with Crippen LogP contribution >= 0.6 is 11.8 Å². The molecule has 2 heterocycles. The number of nitrogens with one attached hydrogen (secondary N) is 1. The maximum atomic E-state index is 5.61. The van der Waals surface area contributed by atoms with Gasteiger partial charge in [0.15, 0.2) is 0 Å². The maximum absolute atomic E-state index is 5.61. The molecule has 98 valence electrons. The summed E-state index contributed by atoms with van der Waals surface area (Å²) in [6.45, 7) is 6.69. The van der Waals surface area contributed by atoms with E-state index in [0.29, 0.717) is 5.22 Å². The highest BCUT2D eigenvalue weighted by Crippen LogP contribution is 2.31. The second-order valence-corrected chi connectivity index (χ2v) is 5.19. The van der Waals surface area contributed by atoms with Gasteiger partial charge in [-0.15, -0.1) is 0 Å². The SMILES string of the molecule is CNCc1c(C)nn(C)c1Sc1nc(C)c(C)o1. The summed E-state index contributed by atoms with van der Waals surface area (Å²) >= 11 is 1.52. The van der Waals surface area contributed by atoms with Crippen molar-refractivity contribution >= 4 is 11.8 Å². The van der Waals surface area contributed by atoms with Gasteiger partial charge >= 0.3 is 0 Å². The Labute approximate surface area is 111 Å². The molecule has 0 aromatic carbocycles. The summed E-state index contributed by atoms with van der Waals surface area (Å²) in [7, 11) is 3.87. The van der Waals surface area contributed by atoms with Gasteiger partial charge < -0.3 is 9.73 Å². The molecular weight excluding hydrogens is 248 g/mol. The molecule has 0 saturated heterocycles. The molecular formula is C12H18N4OS. The summed E-state index contributed by atoms with van der Waals surface area (Å²) in [5.74, 6) is 0.867. The Morgan fingerprint density at radius 3 is 2.56 bits per heavy atom. The van der Waals surface area contributed by atoms with E-state index in [1.807, 2.05) is 39.5 Å². The smallest absolute Gasteiger partial charge is 0.262 e.